The molecule has 0 aliphatic rings. The number of ketones is 1. The van der Waals surface area contributed by atoms with Gasteiger partial charge in [-0.1, -0.05) is 0 Å². The van der Waals surface area contributed by atoms with E-state index in [-0.39, 0.29) is 18.1 Å². The Morgan fingerprint density at radius 3 is 2.46 bits per heavy atom. The molecule has 0 aromatic heterocycles. The molecule has 0 bridgehead atoms. The van der Waals surface area contributed by atoms with Crippen LogP contribution in [-0.2, 0) is 19.2 Å². The second-order valence-corrected chi connectivity index (χ2v) is 2.20. The summed E-state index contributed by atoms with van der Waals surface area (Å²) in [5, 5.41) is 0. The van der Waals surface area contributed by atoms with Crippen molar-refractivity contribution in [1.29, 1.82) is 0 Å². The molecule has 5 heteroatoms. The van der Waals surface area contributed by atoms with E-state index in [1.54, 1.807) is 6.92 Å². The summed E-state index contributed by atoms with van der Waals surface area (Å²) in [5.74, 6) is -0.868. The Bertz CT molecular complexity index is 222. The highest BCUT2D eigenvalue weighted by atomic mass is 16.6. The van der Waals surface area contributed by atoms with Gasteiger partial charge in [0.25, 0.3) is 0 Å². The maximum absolute atomic E-state index is 11.1. The molecule has 0 radical (unpaired) electrons. The first-order valence-electron chi connectivity index (χ1n) is 3.80. The third-order valence-electron chi connectivity index (χ3n) is 1.05. The van der Waals surface area contributed by atoms with Crippen LogP contribution >= 0.6 is 0 Å². The molecule has 0 unspecified atom stereocenters. The summed E-state index contributed by atoms with van der Waals surface area (Å²) in [6.45, 7) is 3.26. The Hall–Kier alpha value is -1.36. The normalized spacial score (nSPS) is 10.8. The number of esters is 1. The molecule has 13 heavy (non-hydrogen) atoms. The SMILES string of the molecule is CCOC(=O)C(=CC(C)=O)NOC. The molecular weight excluding hydrogens is 174 g/mol. The van der Waals surface area contributed by atoms with Crippen molar-refractivity contribution in [3.05, 3.63) is 11.8 Å². The number of hydroxylamine groups is 1. The second-order valence-electron chi connectivity index (χ2n) is 2.20. The number of carbonyl (C=O) groups is 2. The van der Waals surface area contributed by atoms with E-state index in [0.29, 0.717) is 0 Å². The Balaban J connectivity index is 4.40. The summed E-state index contributed by atoms with van der Waals surface area (Å²) < 4.78 is 4.66. The van der Waals surface area contributed by atoms with Gasteiger partial charge in [0.15, 0.2) is 5.78 Å². The molecule has 0 rings (SSSR count). The van der Waals surface area contributed by atoms with Crippen LogP contribution in [0.2, 0.25) is 0 Å². The van der Waals surface area contributed by atoms with Gasteiger partial charge in [-0.3, -0.25) is 15.1 Å². The fraction of sp³-hybridized carbons (Fsp3) is 0.500. The lowest BCUT2D eigenvalue weighted by Crippen LogP contribution is -2.22. The van der Waals surface area contributed by atoms with E-state index in [0.717, 1.165) is 6.08 Å². The molecule has 1 N–H and O–H groups in total. The predicted molar refractivity (Wildman–Crippen MR) is 45.5 cm³/mol. The highest BCUT2D eigenvalue weighted by Crippen LogP contribution is 1.94. The van der Waals surface area contributed by atoms with Gasteiger partial charge < -0.3 is 4.74 Å². The zero-order valence-electron chi connectivity index (χ0n) is 7.92. The van der Waals surface area contributed by atoms with Crippen molar-refractivity contribution in [2.45, 2.75) is 13.8 Å². The summed E-state index contributed by atoms with van der Waals surface area (Å²) in [6.07, 6.45) is 1.11. The van der Waals surface area contributed by atoms with Gasteiger partial charge in [-0.25, -0.2) is 4.79 Å². The van der Waals surface area contributed by atoms with Crippen molar-refractivity contribution < 1.29 is 19.2 Å². The van der Waals surface area contributed by atoms with E-state index in [9.17, 15) is 9.59 Å². The van der Waals surface area contributed by atoms with Crippen LogP contribution in [-0.4, -0.2) is 25.5 Å². The van der Waals surface area contributed by atoms with E-state index in [2.05, 4.69) is 15.1 Å². The highest BCUT2D eigenvalue weighted by molar-refractivity contribution is 5.97. The average molecular weight is 187 g/mol. The lowest BCUT2D eigenvalue weighted by Gasteiger charge is -2.06. The van der Waals surface area contributed by atoms with Crippen LogP contribution in [0.4, 0.5) is 0 Å². The van der Waals surface area contributed by atoms with Gasteiger partial charge in [0.05, 0.1) is 13.7 Å². The first-order chi connectivity index (χ1) is 6.11. The third-order valence-corrected chi connectivity index (χ3v) is 1.05. The molecule has 0 saturated carbocycles. The number of ether oxygens (including phenoxy) is 1. The fourth-order valence-electron chi connectivity index (χ4n) is 0.652. The van der Waals surface area contributed by atoms with Gasteiger partial charge >= 0.3 is 5.97 Å². The van der Waals surface area contributed by atoms with Crippen LogP contribution < -0.4 is 5.48 Å². The third kappa shape index (κ3) is 4.97. The quantitative estimate of drug-likeness (QED) is 0.377. The van der Waals surface area contributed by atoms with Crippen LogP contribution in [0.25, 0.3) is 0 Å². The first-order valence-corrected chi connectivity index (χ1v) is 3.80. The topological polar surface area (TPSA) is 64.6 Å². The number of carbonyl (C=O) groups excluding carboxylic acids is 2. The zero-order valence-corrected chi connectivity index (χ0v) is 7.92. The summed E-state index contributed by atoms with van der Waals surface area (Å²) in [6, 6.07) is 0. The second kappa shape index (κ2) is 6.19. The molecule has 5 nitrogen and oxygen atoms in total. The molecule has 0 aliphatic carbocycles. The molecule has 0 saturated heterocycles. The van der Waals surface area contributed by atoms with Crippen molar-refractivity contribution in [2.75, 3.05) is 13.7 Å². The van der Waals surface area contributed by atoms with E-state index < -0.39 is 5.97 Å². The van der Waals surface area contributed by atoms with Gasteiger partial charge in [0, 0.05) is 6.08 Å². The minimum atomic E-state index is -0.612. The van der Waals surface area contributed by atoms with Crippen LogP contribution in [0, 0.1) is 0 Å². The summed E-state index contributed by atoms with van der Waals surface area (Å²) in [5.41, 5.74) is 2.26. The van der Waals surface area contributed by atoms with E-state index in [1.807, 2.05) is 0 Å². The van der Waals surface area contributed by atoms with Gasteiger partial charge in [-0.05, 0) is 13.8 Å². The van der Waals surface area contributed by atoms with Gasteiger partial charge in [-0.2, -0.15) is 0 Å². The summed E-state index contributed by atoms with van der Waals surface area (Å²) in [7, 11) is 1.34. The van der Waals surface area contributed by atoms with Crippen molar-refractivity contribution in [1.82, 2.24) is 5.48 Å². The van der Waals surface area contributed by atoms with Gasteiger partial charge in [0.2, 0.25) is 0 Å². The number of hydrogen-bond donors (Lipinski definition) is 1. The van der Waals surface area contributed by atoms with Crippen molar-refractivity contribution >= 4 is 11.8 Å². The number of hydrogen-bond acceptors (Lipinski definition) is 5. The zero-order chi connectivity index (χ0) is 10.3. The smallest absolute Gasteiger partial charge is 0.356 e. The lowest BCUT2D eigenvalue weighted by atomic mass is 10.3. The Morgan fingerprint density at radius 1 is 1.46 bits per heavy atom. The summed E-state index contributed by atoms with van der Waals surface area (Å²) >= 11 is 0. The number of rotatable bonds is 5. The van der Waals surface area contributed by atoms with E-state index in [1.165, 1.54) is 14.0 Å². The molecule has 0 heterocycles. The van der Waals surface area contributed by atoms with Gasteiger partial charge in [-0.15, -0.1) is 0 Å². The average Bonchev–Trinajstić information content (AvgIpc) is 2.03. The van der Waals surface area contributed by atoms with Crippen LogP contribution in [0.1, 0.15) is 13.8 Å². The Labute approximate surface area is 76.7 Å². The molecule has 0 spiro atoms. The first kappa shape index (κ1) is 11.6. The molecule has 0 fully saturated rings. The maximum atomic E-state index is 11.1. The lowest BCUT2D eigenvalue weighted by molar-refractivity contribution is -0.140. The highest BCUT2D eigenvalue weighted by Gasteiger charge is 2.10. The molecule has 0 amide bonds. The predicted octanol–water partition coefficient (Wildman–Crippen LogP) is 0.173. The minimum absolute atomic E-state index is 0.00292. The fourth-order valence-corrected chi connectivity index (χ4v) is 0.652. The van der Waals surface area contributed by atoms with Gasteiger partial charge in [0.1, 0.15) is 5.70 Å². The monoisotopic (exact) mass is 187 g/mol. The largest absolute Gasteiger partial charge is 0.461 e. The molecule has 74 valence electrons. The van der Waals surface area contributed by atoms with Crippen LogP contribution in [0.5, 0.6) is 0 Å². The molecule has 0 aliphatic heterocycles. The molecule has 0 aromatic rings. The Kier molecular flexibility index (Phi) is 5.54. The van der Waals surface area contributed by atoms with Crippen molar-refractivity contribution in [3.63, 3.8) is 0 Å². The van der Waals surface area contributed by atoms with Crippen LogP contribution in [0.3, 0.4) is 0 Å². The minimum Gasteiger partial charge on any atom is -0.461 e. The van der Waals surface area contributed by atoms with Crippen molar-refractivity contribution in [3.8, 4) is 0 Å². The van der Waals surface area contributed by atoms with E-state index in [4.69, 9.17) is 0 Å². The van der Waals surface area contributed by atoms with Crippen molar-refractivity contribution in [2.24, 2.45) is 0 Å². The number of allylic oxidation sites excluding steroid dienone is 1. The molecule has 0 aromatic carbocycles. The van der Waals surface area contributed by atoms with Crippen LogP contribution in [0.15, 0.2) is 11.8 Å². The molecular formula is C8H13NO4. The van der Waals surface area contributed by atoms with E-state index >= 15 is 0 Å². The standard InChI is InChI=1S/C8H13NO4/c1-4-13-8(11)7(9-12-3)5-6(2)10/h5,9H,4H2,1-3H3. The molecule has 0 atom stereocenters. The Morgan fingerprint density at radius 2 is 2.08 bits per heavy atom. The maximum Gasteiger partial charge on any atom is 0.356 e. The number of nitrogens with one attached hydrogen (secondary N) is 1. The summed E-state index contributed by atoms with van der Waals surface area (Å²) in [4.78, 5) is 26.2.